The van der Waals surface area contributed by atoms with Gasteiger partial charge in [-0.15, -0.1) is 11.3 Å². The van der Waals surface area contributed by atoms with Gasteiger partial charge in [-0.05, 0) is 42.2 Å². The summed E-state index contributed by atoms with van der Waals surface area (Å²) in [6.07, 6.45) is 0. The first-order valence-corrected chi connectivity index (χ1v) is 8.43. The summed E-state index contributed by atoms with van der Waals surface area (Å²) in [6.45, 7) is 5.47. The highest BCUT2D eigenvalue weighted by Gasteiger charge is 2.25. The standard InChI is InChI=1S/C18H21NO4S/c1-10(2)16(18(21)22)19-17(20)15-9-14(11(3)24-15)12-5-7-13(23-4)8-6-12/h5-10,16H,1-4H3,(H,19,20)(H,21,22)/t16-/m0/s1. The second-order valence-corrected chi connectivity index (χ2v) is 7.10. The summed E-state index contributed by atoms with van der Waals surface area (Å²) < 4.78 is 5.15. The highest BCUT2D eigenvalue weighted by molar-refractivity contribution is 7.14. The number of rotatable bonds is 6. The molecular formula is C18H21NO4S. The van der Waals surface area contributed by atoms with Crippen LogP contribution in [0.3, 0.4) is 0 Å². The molecular weight excluding hydrogens is 326 g/mol. The Morgan fingerprint density at radius 1 is 1.21 bits per heavy atom. The number of hydrogen-bond donors (Lipinski definition) is 2. The van der Waals surface area contributed by atoms with Crippen LogP contribution in [-0.4, -0.2) is 30.1 Å². The number of nitrogens with one attached hydrogen (secondary N) is 1. The molecule has 0 spiro atoms. The van der Waals surface area contributed by atoms with E-state index in [9.17, 15) is 14.7 Å². The number of methoxy groups -OCH3 is 1. The average Bonchev–Trinajstić information content (AvgIpc) is 2.93. The smallest absolute Gasteiger partial charge is 0.326 e. The molecule has 0 aliphatic rings. The molecule has 2 N–H and O–H groups in total. The second kappa shape index (κ2) is 7.49. The van der Waals surface area contributed by atoms with Gasteiger partial charge in [-0.1, -0.05) is 26.0 Å². The Bertz CT molecular complexity index is 734. The minimum atomic E-state index is -1.03. The van der Waals surface area contributed by atoms with Crippen LogP contribution in [0.2, 0.25) is 0 Å². The number of thiophene rings is 1. The molecule has 0 bridgehead atoms. The van der Waals surface area contributed by atoms with Crippen LogP contribution in [0.25, 0.3) is 11.1 Å². The first-order valence-electron chi connectivity index (χ1n) is 7.62. The Morgan fingerprint density at radius 3 is 2.33 bits per heavy atom. The zero-order valence-corrected chi connectivity index (χ0v) is 14.9. The number of aryl methyl sites for hydroxylation is 1. The van der Waals surface area contributed by atoms with E-state index in [4.69, 9.17) is 4.74 Å². The number of aliphatic carboxylic acids is 1. The minimum absolute atomic E-state index is 0.187. The lowest BCUT2D eigenvalue weighted by atomic mass is 10.0. The van der Waals surface area contributed by atoms with Gasteiger partial charge in [-0.2, -0.15) is 0 Å². The van der Waals surface area contributed by atoms with E-state index in [0.717, 1.165) is 21.8 Å². The van der Waals surface area contributed by atoms with Crippen LogP contribution in [0.4, 0.5) is 0 Å². The number of carboxylic acid groups (broad SMARTS) is 1. The largest absolute Gasteiger partial charge is 0.497 e. The van der Waals surface area contributed by atoms with Gasteiger partial charge < -0.3 is 15.2 Å². The van der Waals surface area contributed by atoms with Gasteiger partial charge in [-0.25, -0.2) is 4.79 Å². The third kappa shape index (κ3) is 3.94. The molecule has 2 rings (SSSR count). The summed E-state index contributed by atoms with van der Waals surface area (Å²) >= 11 is 1.36. The van der Waals surface area contributed by atoms with E-state index in [1.807, 2.05) is 31.2 Å². The van der Waals surface area contributed by atoms with Gasteiger partial charge in [0.1, 0.15) is 11.8 Å². The van der Waals surface area contributed by atoms with Crippen molar-refractivity contribution < 1.29 is 19.4 Å². The van der Waals surface area contributed by atoms with Gasteiger partial charge in [0, 0.05) is 4.88 Å². The fraction of sp³-hybridized carbons (Fsp3) is 0.333. The Kier molecular flexibility index (Phi) is 5.62. The number of ether oxygens (including phenoxy) is 1. The van der Waals surface area contributed by atoms with E-state index in [1.54, 1.807) is 27.0 Å². The lowest BCUT2D eigenvalue weighted by Crippen LogP contribution is -2.44. The number of carboxylic acids is 1. The molecule has 0 radical (unpaired) electrons. The molecule has 1 aromatic carbocycles. The molecule has 0 aliphatic carbocycles. The Hall–Kier alpha value is -2.34. The summed E-state index contributed by atoms with van der Waals surface area (Å²) in [5, 5.41) is 11.8. The van der Waals surface area contributed by atoms with Crippen molar-refractivity contribution in [3.05, 3.63) is 40.1 Å². The maximum atomic E-state index is 12.4. The number of carbonyl (C=O) groups is 2. The van der Waals surface area contributed by atoms with Crippen LogP contribution < -0.4 is 10.1 Å². The van der Waals surface area contributed by atoms with E-state index in [1.165, 1.54) is 11.3 Å². The maximum absolute atomic E-state index is 12.4. The molecule has 0 saturated carbocycles. The highest BCUT2D eigenvalue weighted by atomic mass is 32.1. The molecule has 24 heavy (non-hydrogen) atoms. The molecule has 0 fully saturated rings. The van der Waals surface area contributed by atoms with E-state index in [-0.39, 0.29) is 11.8 Å². The van der Waals surface area contributed by atoms with Crippen LogP contribution in [0.1, 0.15) is 28.4 Å². The van der Waals surface area contributed by atoms with E-state index >= 15 is 0 Å². The average molecular weight is 347 g/mol. The Labute approximate surface area is 145 Å². The summed E-state index contributed by atoms with van der Waals surface area (Å²) in [6, 6.07) is 8.50. The van der Waals surface area contributed by atoms with Gasteiger partial charge >= 0.3 is 5.97 Å². The lowest BCUT2D eigenvalue weighted by molar-refractivity contribution is -0.140. The monoisotopic (exact) mass is 347 g/mol. The molecule has 0 unspecified atom stereocenters. The minimum Gasteiger partial charge on any atom is -0.497 e. The third-order valence-corrected chi connectivity index (χ3v) is 4.81. The predicted octanol–water partition coefficient (Wildman–Crippen LogP) is 3.57. The second-order valence-electron chi connectivity index (χ2n) is 5.84. The zero-order chi connectivity index (χ0) is 17.9. The van der Waals surface area contributed by atoms with Crippen LogP contribution in [-0.2, 0) is 4.79 Å². The van der Waals surface area contributed by atoms with Gasteiger partial charge in [0.05, 0.1) is 12.0 Å². The van der Waals surface area contributed by atoms with Crippen molar-refractivity contribution in [2.24, 2.45) is 5.92 Å². The first-order chi connectivity index (χ1) is 11.3. The summed E-state index contributed by atoms with van der Waals surface area (Å²) in [5.74, 6) is -0.801. The lowest BCUT2D eigenvalue weighted by Gasteiger charge is -2.17. The first kappa shape index (κ1) is 18.0. The number of amides is 1. The van der Waals surface area contributed by atoms with E-state index < -0.39 is 12.0 Å². The van der Waals surface area contributed by atoms with E-state index in [0.29, 0.717) is 4.88 Å². The van der Waals surface area contributed by atoms with Gasteiger partial charge in [0.2, 0.25) is 0 Å². The quantitative estimate of drug-likeness (QED) is 0.837. The molecule has 6 heteroatoms. The van der Waals surface area contributed by atoms with Crippen molar-refractivity contribution in [1.82, 2.24) is 5.32 Å². The van der Waals surface area contributed by atoms with Gasteiger partial charge in [0.15, 0.2) is 0 Å². The fourth-order valence-electron chi connectivity index (χ4n) is 2.38. The fourth-order valence-corrected chi connectivity index (χ4v) is 3.32. The van der Waals surface area contributed by atoms with E-state index in [2.05, 4.69) is 5.32 Å². The molecule has 1 heterocycles. The summed E-state index contributed by atoms with van der Waals surface area (Å²) in [7, 11) is 1.61. The summed E-state index contributed by atoms with van der Waals surface area (Å²) in [4.78, 5) is 25.1. The SMILES string of the molecule is COc1ccc(-c2cc(C(=O)N[C@H](C(=O)O)C(C)C)sc2C)cc1. The van der Waals surface area contributed by atoms with Crippen molar-refractivity contribution in [1.29, 1.82) is 0 Å². The van der Waals surface area contributed by atoms with Crippen LogP contribution >= 0.6 is 11.3 Å². The number of benzene rings is 1. The van der Waals surface area contributed by atoms with Crippen molar-refractivity contribution >= 4 is 23.2 Å². The molecule has 2 aromatic rings. The van der Waals surface area contributed by atoms with Gasteiger partial charge in [0.25, 0.3) is 5.91 Å². The molecule has 1 aromatic heterocycles. The molecule has 128 valence electrons. The van der Waals surface area contributed by atoms with Crippen LogP contribution in [0.5, 0.6) is 5.75 Å². The van der Waals surface area contributed by atoms with Crippen molar-refractivity contribution in [3.8, 4) is 16.9 Å². The Balaban J connectivity index is 2.23. The third-order valence-electron chi connectivity index (χ3n) is 3.76. The predicted molar refractivity (Wildman–Crippen MR) is 94.8 cm³/mol. The molecule has 1 amide bonds. The molecule has 0 aliphatic heterocycles. The molecule has 5 nitrogen and oxygen atoms in total. The Morgan fingerprint density at radius 2 is 1.83 bits per heavy atom. The number of carbonyl (C=O) groups excluding carboxylic acids is 1. The molecule has 1 atom stereocenters. The van der Waals surface area contributed by atoms with Crippen molar-refractivity contribution in [2.45, 2.75) is 26.8 Å². The zero-order valence-electron chi connectivity index (χ0n) is 14.1. The van der Waals surface area contributed by atoms with Crippen molar-refractivity contribution in [2.75, 3.05) is 7.11 Å². The normalized spacial score (nSPS) is 12.0. The maximum Gasteiger partial charge on any atom is 0.326 e. The number of hydrogen-bond acceptors (Lipinski definition) is 4. The topological polar surface area (TPSA) is 75.6 Å². The van der Waals surface area contributed by atoms with Crippen LogP contribution in [0.15, 0.2) is 30.3 Å². The van der Waals surface area contributed by atoms with Crippen LogP contribution in [0, 0.1) is 12.8 Å². The van der Waals surface area contributed by atoms with Gasteiger partial charge in [-0.3, -0.25) is 4.79 Å². The highest BCUT2D eigenvalue weighted by Crippen LogP contribution is 2.32. The van der Waals surface area contributed by atoms with Crippen molar-refractivity contribution in [3.63, 3.8) is 0 Å². The molecule has 0 saturated heterocycles. The summed E-state index contributed by atoms with van der Waals surface area (Å²) in [5.41, 5.74) is 1.95.